The van der Waals surface area contributed by atoms with Gasteiger partial charge in [-0.15, -0.1) is 0 Å². The molecule has 1 aliphatic carbocycles. The highest BCUT2D eigenvalue weighted by molar-refractivity contribution is 9.10. The first kappa shape index (κ1) is 12.8. The predicted molar refractivity (Wildman–Crippen MR) is 88.1 cm³/mol. The molecule has 1 aliphatic rings. The van der Waals surface area contributed by atoms with Crippen LogP contribution in [0.3, 0.4) is 0 Å². The Bertz CT molecular complexity index is 793. The van der Waals surface area contributed by atoms with E-state index in [1.807, 2.05) is 60.7 Å². The second-order valence-corrected chi connectivity index (χ2v) is 6.14. The van der Waals surface area contributed by atoms with Crippen LogP contribution in [0.5, 0.6) is 0 Å². The summed E-state index contributed by atoms with van der Waals surface area (Å²) in [6.45, 7) is 0. The highest BCUT2D eigenvalue weighted by Gasteiger charge is 2.43. The van der Waals surface area contributed by atoms with Gasteiger partial charge in [-0.3, -0.25) is 0 Å². The van der Waals surface area contributed by atoms with Gasteiger partial charge in [0.1, 0.15) is 5.60 Å². The molecule has 0 saturated carbocycles. The van der Waals surface area contributed by atoms with Crippen LogP contribution in [0, 0.1) is 0 Å². The third-order valence-electron chi connectivity index (χ3n) is 4.19. The van der Waals surface area contributed by atoms with E-state index in [1.165, 1.54) is 0 Å². The molecule has 3 aromatic rings. The van der Waals surface area contributed by atoms with Crippen molar-refractivity contribution in [3.05, 3.63) is 94.0 Å². The van der Waals surface area contributed by atoms with E-state index in [1.54, 1.807) is 0 Å². The number of hydrogen-bond donors (Lipinski definition) is 1. The average Bonchev–Trinajstić information content (AvgIpc) is 2.79. The zero-order valence-electron chi connectivity index (χ0n) is 11.3. The van der Waals surface area contributed by atoms with Gasteiger partial charge in [0.25, 0.3) is 0 Å². The van der Waals surface area contributed by atoms with Crippen molar-refractivity contribution in [2.75, 3.05) is 0 Å². The minimum absolute atomic E-state index is 0.877. The van der Waals surface area contributed by atoms with Crippen molar-refractivity contribution in [2.24, 2.45) is 0 Å². The lowest BCUT2D eigenvalue weighted by molar-refractivity contribution is 0.130. The zero-order valence-corrected chi connectivity index (χ0v) is 12.8. The van der Waals surface area contributed by atoms with Gasteiger partial charge in [0, 0.05) is 21.2 Å². The number of fused-ring (bicyclic) bond motifs is 3. The topological polar surface area (TPSA) is 20.2 Å². The van der Waals surface area contributed by atoms with E-state index in [9.17, 15) is 5.11 Å². The normalized spacial score (nSPS) is 14.6. The summed E-state index contributed by atoms with van der Waals surface area (Å²) in [5, 5.41) is 11.6. The lowest BCUT2D eigenvalue weighted by Gasteiger charge is -2.27. The van der Waals surface area contributed by atoms with Gasteiger partial charge in [0.15, 0.2) is 0 Å². The van der Waals surface area contributed by atoms with Crippen LogP contribution in [-0.4, -0.2) is 5.11 Å². The van der Waals surface area contributed by atoms with Gasteiger partial charge in [-0.25, -0.2) is 0 Å². The summed E-state index contributed by atoms with van der Waals surface area (Å²) >= 11 is 3.59. The van der Waals surface area contributed by atoms with E-state index < -0.39 is 5.60 Å². The molecule has 0 bridgehead atoms. The van der Waals surface area contributed by atoms with E-state index in [0.717, 1.165) is 32.3 Å². The molecule has 0 fully saturated rings. The first-order chi connectivity index (χ1) is 10.2. The van der Waals surface area contributed by atoms with E-state index in [-0.39, 0.29) is 0 Å². The molecule has 21 heavy (non-hydrogen) atoms. The molecule has 4 rings (SSSR count). The van der Waals surface area contributed by atoms with E-state index in [2.05, 4.69) is 28.1 Å². The van der Waals surface area contributed by atoms with Gasteiger partial charge in [-0.1, -0.05) is 82.7 Å². The van der Waals surface area contributed by atoms with Crippen molar-refractivity contribution in [1.29, 1.82) is 0 Å². The molecule has 1 nitrogen and oxygen atoms in total. The average molecular weight is 337 g/mol. The van der Waals surface area contributed by atoms with E-state index in [0.29, 0.717) is 0 Å². The van der Waals surface area contributed by atoms with Crippen LogP contribution in [0.25, 0.3) is 11.1 Å². The van der Waals surface area contributed by atoms with Crippen molar-refractivity contribution in [3.8, 4) is 11.1 Å². The maximum absolute atomic E-state index is 11.6. The van der Waals surface area contributed by atoms with Crippen LogP contribution in [0.2, 0.25) is 0 Å². The van der Waals surface area contributed by atoms with E-state index >= 15 is 0 Å². The number of hydrogen-bond acceptors (Lipinski definition) is 1. The lowest BCUT2D eigenvalue weighted by atomic mass is 9.84. The van der Waals surface area contributed by atoms with Crippen LogP contribution < -0.4 is 0 Å². The van der Waals surface area contributed by atoms with E-state index in [4.69, 9.17) is 0 Å². The van der Waals surface area contributed by atoms with Gasteiger partial charge < -0.3 is 5.11 Å². The van der Waals surface area contributed by atoms with Gasteiger partial charge in [0.05, 0.1) is 0 Å². The van der Waals surface area contributed by atoms with Crippen LogP contribution in [0.15, 0.2) is 77.3 Å². The van der Waals surface area contributed by atoms with Crippen molar-refractivity contribution in [1.82, 2.24) is 0 Å². The molecule has 0 atom stereocenters. The Balaban J connectivity index is 2.12. The summed E-state index contributed by atoms with van der Waals surface area (Å²) in [7, 11) is 0. The van der Waals surface area contributed by atoms with Crippen molar-refractivity contribution < 1.29 is 5.11 Å². The molecule has 2 heteroatoms. The number of benzene rings is 3. The molecular formula is C19H13BrO. The summed E-state index contributed by atoms with van der Waals surface area (Å²) < 4.78 is 0.916. The number of rotatable bonds is 1. The predicted octanol–water partition coefficient (Wildman–Crippen LogP) is 4.71. The Hall–Kier alpha value is -1.90. The highest BCUT2D eigenvalue weighted by Crippen LogP contribution is 2.51. The van der Waals surface area contributed by atoms with Crippen LogP contribution >= 0.6 is 15.9 Å². The maximum Gasteiger partial charge on any atom is 0.142 e. The molecule has 0 aromatic heterocycles. The molecule has 3 aromatic carbocycles. The summed E-state index contributed by atoms with van der Waals surface area (Å²) in [6, 6.07) is 24.0. The molecule has 0 aliphatic heterocycles. The third kappa shape index (κ3) is 1.66. The molecule has 0 heterocycles. The summed E-state index contributed by atoms with van der Waals surface area (Å²) in [6.07, 6.45) is 0. The summed E-state index contributed by atoms with van der Waals surface area (Å²) in [5.41, 5.74) is 3.86. The fourth-order valence-corrected chi connectivity index (χ4v) is 3.83. The summed E-state index contributed by atoms with van der Waals surface area (Å²) in [5.74, 6) is 0. The van der Waals surface area contributed by atoms with Gasteiger partial charge >= 0.3 is 0 Å². The standard InChI is InChI=1S/C19H13BrO/c20-18-12-6-5-11-17(18)19(21)15-9-3-1-7-13(15)14-8-2-4-10-16(14)19/h1-12,21H. The molecule has 0 amide bonds. The zero-order chi connectivity index (χ0) is 14.4. The Morgan fingerprint density at radius 2 is 1.05 bits per heavy atom. The second-order valence-electron chi connectivity index (χ2n) is 5.28. The van der Waals surface area contributed by atoms with Crippen LogP contribution in [-0.2, 0) is 5.60 Å². The highest BCUT2D eigenvalue weighted by atomic mass is 79.9. The quantitative estimate of drug-likeness (QED) is 0.682. The SMILES string of the molecule is OC1(c2ccccc2Br)c2ccccc2-c2ccccc21. The van der Waals surface area contributed by atoms with Crippen LogP contribution in [0.4, 0.5) is 0 Å². The second kappa shape index (κ2) is 4.55. The first-order valence-electron chi connectivity index (χ1n) is 6.89. The number of aliphatic hydroxyl groups is 1. The minimum atomic E-state index is -1.10. The fourth-order valence-electron chi connectivity index (χ4n) is 3.26. The third-order valence-corrected chi connectivity index (χ3v) is 4.88. The first-order valence-corrected chi connectivity index (χ1v) is 7.69. The largest absolute Gasteiger partial charge is 0.376 e. The number of halogens is 1. The van der Waals surface area contributed by atoms with Crippen molar-refractivity contribution >= 4 is 15.9 Å². The van der Waals surface area contributed by atoms with Gasteiger partial charge in [-0.05, 0) is 17.2 Å². The van der Waals surface area contributed by atoms with Gasteiger partial charge in [0.2, 0.25) is 0 Å². The Kier molecular flexibility index (Phi) is 2.78. The monoisotopic (exact) mass is 336 g/mol. The maximum atomic E-state index is 11.6. The minimum Gasteiger partial charge on any atom is -0.376 e. The fraction of sp³-hybridized carbons (Fsp3) is 0.0526. The van der Waals surface area contributed by atoms with Crippen molar-refractivity contribution in [2.45, 2.75) is 5.60 Å². The molecule has 0 spiro atoms. The Morgan fingerprint density at radius 3 is 1.57 bits per heavy atom. The van der Waals surface area contributed by atoms with Crippen LogP contribution in [0.1, 0.15) is 16.7 Å². The molecule has 102 valence electrons. The molecule has 0 radical (unpaired) electrons. The smallest absolute Gasteiger partial charge is 0.142 e. The van der Waals surface area contributed by atoms with Crippen molar-refractivity contribution in [3.63, 3.8) is 0 Å². The summed E-state index contributed by atoms with van der Waals surface area (Å²) in [4.78, 5) is 0. The lowest BCUT2D eigenvalue weighted by Crippen LogP contribution is -2.26. The molecule has 0 saturated heterocycles. The molecule has 1 N–H and O–H groups in total. The van der Waals surface area contributed by atoms with Gasteiger partial charge in [-0.2, -0.15) is 0 Å². The Labute approximate surface area is 132 Å². The molecule has 0 unspecified atom stereocenters. The molecular weight excluding hydrogens is 324 g/mol. The Morgan fingerprint density at radius 1 is 0.619 bits per heavy atom.